The standard InChI is InChI=1S/C5H9NO2/c1-4(2)5(7)8-3-6/h1,3,6H2,2H3/p+1. The Morgan fingerprint density at radius 1 is 1.88 bits per heavy atom. The molecule has 0 radical (unpaired) electrons. The minimum absolute atomic E-state index is 0.172. The zero-order valence-electron chi connectivity index (χ0n) is 4.94. The lowest BCUT2D eigenvalue weighted by molar-refractivity contribution is -0.420. The molecule has 3 N–H and O–H groups in total. The molecule has 0 aliphatic rings. The van der Waals surface area contributed by atoms with E-state index in [0.717, 1.165) is 0 Å². The Bertz CT molecular complexity index is 109. The van der Waals surface area contributed by atoms with E-state index < -0.39 is 0 Å². The van der Waals surface area contributed by atoms with Crippen LogP contribution < -0.4 is 5.73 Å². The number of hydrogen-bond donors (Lipinski definition) is 1. The fraction of sp³-hybridized carbons (Fsp3) is 0.400. The number of rotatable bonds is 2. The van der Waals surface area contributed by atoms with Crippen molar-refractivity contribution in [1.29, 1.82) is 0 Å². The number of carbonyl (C=O) groups excluding carboxylic acids is 1. The second-order valence-electron chi connectivity index (χ2n) is 1.42. The molecule has 0 fully saturated rings. The molecule has 0 unspecified atom stereocenters. The van der Waals surface area contributed by atoms with Crippen LogP contribution in [0.25, 0.3) is 0 Å². The van der Waals surface area contributed by atoms with Crippen LogP contribution in [-0.2, 0) is 9.53 Å². The van der Waals surface area contributed by atoms with E-state index in [0.29, 0.717) is 5.57 Å². The van der Waals surface area contributed by atoms with Gasteiger partial charge in [0.1, 0.15) is 0 Å². The highest BCUT2D eigenvalue weighted by atomic mass is 16.5. The first kappa shape index (κ1) is 7.17. The molecule has 0 bridgehead atoms. The predicted octanol–water partition coefficient (Wildman–Crippen LogP) is -0.695. The van der Waals surface area contributed by atoms with Gasteiger partial charge < -0.3 is 10.5 Å². The van der Waals surface area contributed by atoms with Gasteiger partial charge in [-0.25, -0.2) is 4.79 Å². The molecule has 0 aromatic rings. The van der Waals surface area contributed by atoms with Crippen molar-refractivity contribution < 1.29 is 15.3 Å². The van der Waals surface area contributed by atoms with E-state index in [9.17, 15) is 4.79 Å². The number of carbonyl (C=O) groups is 1. The Hall–Kier alpha value is -0.830. The Morgan fingerprint density at radius 3 is 2.50 bits per heavy atom. The molecule has 0 heterocycles. The average molecular weight is 116 g/mol. The fourth-order valence-electron chi connectivity index (χ4n) is 0.216. The molecule has 0 atom stereocenters. The van der Waals surface area contributed by atoms with E-state index in [1.54, 1.807) is 6.92 Å². The molecule has 46 valence electrons. The highest BCUT2D eigenvalue weighted by Gasteiger charge is 1.99. The Morgan fingerprint density at radius 2 is 2.38 bits per heavy atom. The summed E-state index contributed by atoms with van der Waals surface area (Å²) in [6.45, 7) is 5.14. The highest BCUT2D eigenvalue weighted by molar-refractivity contribution is 5.86. The summed E-state index contributed by atoms with van der Waals surface area (Å²) in [6.07, 6.45) is 0. The molecule has 0 aliphatic heterocycles. The number of esters is 1. The van der Waals surface area contributed by atoms with E-state index in [1.165, 1.54) is 0 Å². The average Bonchev–Trinajstić information content (AvgIpc) is 1.67. The first-order chi connectivity index (χ1) is 3.68. The lowest BCUT2D eigenvalue weighted by atomic mass is 10.4. The van der Waals surface area contributed by atoms with Crippen LogP contribution in [0.2, 0.25) is 0 Å². The first-order valence-corrected chi connectivity index (χ1v) is 2.30. The minimum Gasteiger partial charge on any atom is -0.412 e. The van der Waals surface area contributed by atoms with E-state index in [1.807, 2.05) is 0 Å². The van der Waals surface area contributed by atoms with Crippen LogP contribution >= 0.6 is 0 Å². The van der Waals surface area contributed by atoms with Crippen molar-refractivity contribution in [3.05, 3.63) is 12.2 Å². The van der Waals surface area contributed by atoms with E-state index >= 15 is 0 Å². The Balaban J connectivity index is 3.49. The normalized spacial score (nSPS) is 8.25. The van der Waals surface area contributed by atoms with Gasteiger partial charge in [0, 0.05) is 5.57 Å². The van der Waals surface area contributed by atoms with Crippen LogP contribution in [0.5, 0.6) is 0 Å². The second kappa shape index (κ2) is 3.21. The van der Waals surface area contributed by atoms with Crippen molar-refractivity contribution >= 4 is 5.97 Å². The topological polar surface area (TPSA) is 53.9 Å². The molecule has 0 aromatic carbocycles. The lowest BCUT2D eigenvalue weighted by Gasteiger charge is -1.94. The summed E-state index contributed by atoms with van der Waals surface area (Å²) in [7, 11) is 0. The molecule has 3 heteroatoms. The Labute approximate surface area is 48.1 Å². The molecule has 0 aromatic heterocycles. The van der Waals surface area contributed by atoms with Gasteiger partial charge in [-0.05, 0) is 6.92 Å². The van der Waals surface area contributed by atoms with Crippen molar-refractivity contribution in [2.24, 2.45) is 0 Å². The van der Waals surface area contributed by atoms with E-state index in [-0.39, 0.29) is 12.7 Å². The van der Waals surface area contributed by atoms with Gasteiger partial charge in [-0.2, -0.15) is 0 Å². The third-order valence-corrected chi connectivity index (χ3v) is 0.582. The maximum absolute atomic E-state index is 10.4. The van der Waals surface area contributed by atoms with Crippen molar-refractivity contribution in [3.63, 3.8) is 0 Å². The summed E-state index contributed by atoms with van der Waals surface area (Å²) < 4.78 is 4.45. The van der Waals surface area contributed by atoms with Crippen molar-refractivity contribution in [2.45, 2.75) is 6.92 Å². The van der Waals surface area contributed by atoms with Gasteiger partial charge >= 0.3 is 5.97 Å². The molecule has 0 aliphatic carbocycles. The van der Waals surface area contributed by atoms with E-state index in [2.05, 4.69) is 17.0 Å². The number of quaternary nitrogens is 1. The zero-order valence-corrected chi connectivity index (χ0v) is 4.94. The van der Waals surface area contributed by atoms with Gasteiger partial charge in [-0.3, -0.25) is 0 Å². The van der Waals surface area contributed by atoms with Crippen LogP contribution in [0.1, 0.15) is 6.92 Å². The van der Waals surface area contributed by atoms with Gasteiger partial charge in [0.05, 0.1) is 0 Å². The summed E-state index contributed by atoms with van der Waals surface area (Å²) in [5.74, 6) is -0.375. The first-order valence-electron chi connectivity index (χ1n) is 2.30. The third kappa shape index (κ3) is 2.36. The molecule has 8 heavy (non-hydrogen) atoms. The number of ether oxygens (including phenoxy) is 1. The molecule has 0 rings (SSSR count). The molecular formula is C5H10NO2+. The molecule has 0 spiro atoms. The third-order valence-electron chi connectivity index (χ3n) is 0.582. The van der Waals surface area contributed by atoms with Gasteiger partial charge in [0.25, 0.3) is 0 Å². The van der Waals surface area contributed by atoms with Crippen molar-refractivity contribution in [2.75, 3.05) is 6.73 Å². The van der Waals surface area contributed by atoms with Crippen LogP contribution in [-0.4, -0.2) is 12.7 Å². The Kier molecular flexibility index (Phi) is 2.88. The summed E-state index contributed by atoms with van der Waals surface area (Å²) >= 11 is 0. The van der Waals surface area contributed by atoms with Gasteiger partial charge in [0.15, 0.2) is 0 Å². The van der Waals surface area contributed by atoms with Gasteiger partial charge in [-0.1, -0.05) is 6.58 Å². The smallest absolute Gasteiger partial charge is 0.337 e. The second-order valence-corrected chi connectivity index (χ2v) is 1.42. The zero-order chi connectivity index (χ0) is 6.57. The SMILES string of the molecule is C=C(C)C(=O)OC[NH3+]. The molecular weight excluding hydrogens is 106 g/mol. The minimum atomic E-state index is -0.375. The fourth-order valence-corrected chi connectivity index (χ4v) is 0.216. The van der Waals surface area contributed by atoms with Crippen LogP contribution in [0.4, 0.5) is 0 Å². The van der Waals surface area contributed by atoms with Gasteiger partial charge in [-0.15, -0.1) is 0 Å². The van der Waals surface area contributed by atoms with Crippen LogP contribution in [0.3, 0.4) is 0 Å². The maximum atomic E-state index is 10.4. The maximum Gasteiger partial charge on any atom is 0.337 e. The van der Waals surface area contributed by atoms with Crippen molar-refractivity contribution in [1.82, 2.24) is 0 Å². The summed E-state index contributed by atoms with van der Waals surface area (Å²) in [4.78, 5) is 10.4. The summed E-state index contributed by atoms with van der Waals surface area (Å²) in [5.41, 5.74) is 3.73. The van der Waals surface area contributed by atoms with E-state index in [4.69, 9.17) is 0 Å². The highest BCUT2D eigenvalue weighted by Crippen LogP contribution is 1.87. The lowest BCUT2D eigenvalue weighted by Crippen LogP contribution is -2.52. The van der Waals surface area contributed by atoms with Crippen molar-refractivity contribution in [3.8, 4) is 0 Å². The number of hydrogen-bond acceptors (Lipinski definition) is 2. The molecule has 0 amide bonds. The molecule has 3 nitrogen and oxygen atoms in total. The predicted molar refractivity (Wildman–Crippen MR) is 28.7 cm³/mol. The molecule has 0 saturated heterocycles. The largest absolute Gasteiger partial charge is 0.412 e. The molecule has 0 saturated carbocycles. The van der Waals surface area contributed by atoms with Crippen LogP contribution in [0.15, 0.2) is 12.2 Å². The van der Waals surface area contributed by atoms with Gasteiger partial charge in [0.2, 0.25) is 6.73 Å². The monoisotopic (exact) mass is 116 g/mol. The summed E-state index contributed by atoms with van der Waals surface area (Å²) in [6, 6.07) is 0. The summed E-state index contributed by atoms with van der Waals surface area (Å²) in [5, 5.41) is 0. The van der Waals surface area contributed by atoms with Crippen LogP contribution in [0, 0.1) is 0 Å². The quantitative estimate of drug-likeness (QED) is 0.295.